The fourth-order valence-corrected chi connectivity index (χ4v) is 2.77. The number of aryl methyl sites for hydroxylation is 1. The first-order valence-corrected chi connectivity index (χ1v) is 7.64. The van der Waals surface area contributed by atoms with Crippen LogP contribution in [0.1, 0.15) is 35.7 Å². The summed E-state index contributed by atoms with van der Waals surface area (Å²) in [5, 5.41) is 8.68. The van der Waals surface area contributed by atoms with E-state index in [0.29, 0.717) is 24.4 Å². The molecule has 0 saturated carbocycles. The topological polar surface area (TPSA) is 66.8 Å². The van der Waals surface area contributed by atoms with Gasteiger partial charge in [0.25, 0.3) is 5.91 Å². The van der Waals surface area contributed by atoms with Crippen LogP contribution >= 0.6 is 0 Å². The molecule has 1 amide bonds. The Morgan fingerprint density at radius 1 is 1.32 bits per heavy atom. The Hall–Kier alpha value is -1.88. The molecule has 1 aliphatic rings. The van der Waals surface area contributed by atoms with Crippen LogP contribution in [0.15, 0.2) is 24.3 Å². The van der Waals surface area contributed by atoms with Gasteiger partial charge in [0.15, 0.2) is 0 Å². The van der Waals surface area contributed by atoms with E-state index in [1.807, 2.05) is 17.0 Å². The highest BCUT2D eigenvalue weighted by Gasteiger charge is 2.29. The van der Waals surface area contributed by atoms with Crippen molar-refractivity contribution in [1.82, 2.24) is 4.90 Å². The molecule has 2 rings (SSSR count). The Labute approximate surface area is 130 Å². The normalized spacial score (nSPS) is 21.6. The van der Waals surface area contributed by atoms with Crippen LogP contribution < -0.4 is 0 Å². The smallest absolute Gasteiger partial charge is 0.303 e. The zero-order valence-electron chi connectivity index (χ0n) is 13.1. The van der Waals surface area contributed by atoms with Crippen molar-refractivity contribution >= 4 is 11.9 Å². The lowest BCUT2D eigenvalue weighted by Gasteiger charge is -2.36. The monoisotopic (exact) mass is 305 g/mol. The molecule has 0 bridgehead atoms. The third kappa shape index (κ3) is 4.07. The summed E-state index contributed by atoms with van der Waals surface area (Å²) in [5.41, 5.74) is 1.57. The minimum Gasteiger partial charge on any atom is -0.481 e. The predicted molar refractivity (Wildman–Crippen MR) is 82.9 cm³/mol. The van der Waals surface area contributed by atoms with Crippen LogP contribution in [-0.2, 0) is 16.0 Å². The number of nitrogens with zero attached hydrogens (tertiary/aromatic N) is 1. The number of piperidine rings is 1. The van der Waals surface area contributed by atoms with Crippen LogP contribution in [-0.4, -0.2) is 48.2 Å². The molecule has 5 heteroatoms. The van der Waals surface area contributed by atoms with Gasteiger partial charge in [-0.15, -0.1) is 0 Å². The molecule has 1 aliphatic heterocycles. The second-order valence-corrected chi connectivity index (χ2v) is 5.88. The molecule has 22 heavy (non-hydrogen) atoms. The Kier molecular flexibility index (Phi) is 5.55. The highest BCUT2D eigenvalue weighted by molar-refractivity contribution is 5.94. The average Bonchev–Trinajstić information content (AvgIpc) is 2.53. The first-order chi connectivity index (χ1) is 10.5. The minimum absolute atomic E-state index is 0.0127. The van der Waals surface area contributed by atoms with E-state index in [0.717, 1.165) is 18.5 Å². The van der Waals surface area contributed by atoms with E-state index in [4.69, 9.17) is 9.84 Å². The first kappa shape index (κ1) is 16.5. The van der Waals surface area contributed by atoms with Crippen molar-refractivity contribution in [3.8, 4) is 0 Å². The molecule has 1 aromatic carbocycles. The fourth-order valence-electron chi connectivity index (χ4n) is 2.77. The standard InChI is InChI=1S/C17H23NO4/c1-12-9-10-18(11-15(12)22-2)17(21)14-6-3-13(4-7-14)5-8-16(19)20/h3-4,6-7,12,15H,5,8-11H2,1-2H3,(H,19,20)/t12-,15-/m1/s1. The number of methoxy groups -OCH3 is 1. The predicted octanol–water partition coefficient (Wildman–Crippen LogP) is 2.20. The molecule has 1 saturated heterocycles. The maximum absolute atomic E-state index is 12.5. The second kappa shape index (κ2) is 7.40. The van der Waals surface area contributed by atoms with Gasteiger partial charge in [0.1, 0.15) is 0 Å². The fraction of sp³-hybridized carbons (Fsp3) is 0.529. The number of carboxylic acids is 1. The van der Waals surface area contributed by atoms with Gasteiger partial charge in [0.05, 0.1) is 6.10 Å². The molecule has 120 valence electrons. The van der Waals surface area contributed by atoms with Crippen LogP contribution in [0.2, 0.25) is 0 Å². The van der Waals surface area contributed by atoms with Crippen molar-refractivity contribution in [1.29, 1.82) is 0 Å². The van der Waals surface area contributed by atoms with Crippen molar-refractivity contribution in [3.63, 3.8) is 0 Å². The number of hydrogen-bond donors (Lipinski definition) is 1. The Morgan fingerprint density at radius 3 is 2.59 bits per heavy atom. The summed E-state index contributed by atoms with van der Waals surface area (Å²) in [5.74, 6) is -0.334. The van der Waals surface area contributed by atoms with Crippen LogP contribution in [0.3, 0.4) is 0 Å². The number of carboxylic acid groups (broad SMARTS) is 1. The van der Waals surface area contributed by atoms with Gasteiger partial charge in [-0.25, -0.2) is 0 Å². The van der Waals surface area contributed by atoms with Crippen LogP contribution in [0.5, 0.6) is 0 Å². The van der Waals surface area contributed by atoms with E-state index in [9.17, 15) is 9.59 Å². The number of rotatable bonds is 5. The maximum atomic E-state index is 12.5. The number of aliphatic carboxylic acids is 1. The number of carbonyl (C=O) groups excluding carboxylic acids is 1. The average molecular weight is 305 g/mol. The molecular formula is C17H23NO4. The van der Waals surface area contributed by atoms with Crippen LogP contribution in [0, 0.1) is 5.92 Å². The molecule has 1 heterocycles. The van der Waals surface area contributed by atoms with Crippen LogP contribution in [0.25, 0.3) is 0 Å². The highest BCUT2D eigenvalue weighted by atomic mass is 16.5. The minimum atomic E-state index is -0.812. The van der Waals surface area contributed by atoms with Crippen molar-refractivity contribution in [2.75, 3.05) is 20.2 Å². The van der Waals surface area contributed by atoms with Gasteiger partial charge in [-0.2, -0.15) is 0 Å². The summed E-state index contributed by atoms with van der Waals surface area (Å²) in [6, 6.07) is 7.21. The maximum Gasteiger partial charge on any atom is 0.303 e. The molecule has 0 aromatic heterocycles. The molecular weight excluding hydrogens is 282 g/mol. The van der Waals surface area contributed by atoms with Crippen LogP contribution in [0.4, 0.5) is 0 Å². The largest absolute Gasteiger partial charge is 0.481 e. The SMILES string of the molecule is CO[C@@H]1CN(C(=O)c2ccc(CCC(=O)O)cc2)CC[C@H]1C. The highest BCUT2D eigenvalue weighted by Crippen LogP contribution is 2.21. The van der Waals surface area contributed by atoms with E-state index in [1.165, 1.54) is 0 Å². The van der Waals surface area contributed by atoms with Crippen molar-refractivity contribution in [2.45, 2.75) is 32.3 Å². The quantitative estimate of drug-likeness (QED) is 0.905. The van der Waals surface area contributed by atoms with E-state index in [-0.39, 0.29) is 18.4 Å². The van der Waals surface area contributed by atoms with Gasteiger partial charge in [-0.05, 0) is 36.5 Å². The third-order valence-electron chi connectivity index (χ3n) is 4.31. The van der Waals surface area contributed by atoms with E-state index < -0.39 is 5.97 Å². The number of carbonyl (C=O) groups is 2. The van der Waals surface area contributed by atoms with E-state index in [2.05, 4.69) is 6.92 Å². The van der Waals surface area contributed by atoms with Gasteiger partial charge >= 0.3 is 5.97 Å². The van der Waals surface area contributed by atoms with E-state index in [1.54, 1.807) is 19.2 Å². The molecule has 0 unspecified atom stereocenters. The molecule has 5 nitrogen and oxygen atoms in total. The molecule has 2 atom stereocenters. The molecule has 0 aliphatic carbocycles. The van der Waals surface area contributed by atoms with Gasteiger partial charge in [-0.1, -0.05) is 19.1 Å². The van der Waals surface area contributed by atoms with Crippen molar-refractivity contribution < 1.29 is 19.4 Å². The molecule has 1 N–H and O–H groups in total. The first-order valence-electron chi connectivity index (χ1n) is 7.64. The summed E-state index contributed by atoms with van der Waals surface area (Å²) >= 11 is 0. The lowest BCUT2D eigenvalue weighted by Crippen LogP contribution is -2.46. The number of hydrogen-bond acceptors (Lipinski definition) is 3. The lowest BCUT2D eigenvalue weighted by molar-refractivity contribution is -0.136. The van der Waals surface area contributed by atoms with Crippen molar-refractivity contribution in [3.05, 3.63) is 35.4 Å². The van der Waals surface area contributed by atoms with Crippen molar-refractivity contribution in [2.24, 2.45) is 5.92 Å². The van der Waals surface area contributed by atoms with Gasteiger partial charge in [-0.3, -0.25) is 9.59 Å². The Bertz CT molecular complexity index is 526. The molecule has 1 aromatic rings. The summed E-state index contributed by atoms with van der Waals surface area (Å²) in [6.07, 6.45) is 1.62. The number of benzene rings is 1. The summed E-state index contributed by atoms with van der Waals surface area (Å²) in [4.78, 5) is 24.9. The Balaban J connectivity index is 1.99. The molecule has 0 radical (unpaired) electrons. The Morgan fingerprint density at radius 2 is 2.00 bits per heavy atom. The number of likely N-dealkylation sites (tertiary alicyclic amines) is 1. The third-order valence-corrected chi connectivity index (χ3v) is 4.31. The van der Waals surface area contributed by atoms with Gasteiger partial charge < -0.3 is 14.7 Å². The zero-order chi connectivity index (χ0) is 16.1. The zero-order valence-corrected chi connectivity index (χ0v) is 13.1. The summed E-state index contributed by atoms with van der Waals surface area (Å²) in [6.45, 7) is 3.52. The molecule has 1 fully saturated rings. The van der Waals surface area contributed by atoms with Gasteiger partial charge in [0.2, 0.25) is 0 Å². The molecule has 0 spiro atoms. The summed E-state index contributed by atoms with van der Waals surface area (Å²) < 4.78 is 5.44. The summed E-state index contributed by atoms with van der Waals surface area (Å²) in [7, 11) is 1.69. The number of ether oxygens (including phenoxy) is 1. The van der Waals surface area contributed by atoms with Gasteiger partial charge in [0, 0.05) is 32.2 Å². The second-order valence-electron chi connectivity index (χ2n) is 5.88. The van der Waals surface area contributed by atoms with E-state index >= 15 is 0 Å². The number of amides is 1. The lowest BCUT2D eigenvalue weighted by atomic mass is 9.95.